The first kappa shape index (κ1) is 14.5. The zero-order chi connectivity index (χ0) is 13.4. The summed E-state index contributed by atoms with van der Waals surface area (Å²) in [5, 5.41) is 2.74. The molecular formula is C13H16ClNO3. The molecule has 0 aliphatic heterocycles. The van der Waals surface area contributed by atoms with Crippen LogP contribution in [0.15, 0.2) is 24.3 Å². The van der Waals surface area contributed by atoms with Gasteiger partial charge in [0, 0.05) is 24.4 Å². The van der Waals surface area contributed by atoms with Gasteiger partial charge in [-0.15, -0.1) is 11.6 Å². The second-order valence-corrected chi connectivity index (χ2v) is 4.03. The summed E-state index contributed by atoms with van der Waals surface area (Å²) in [6.07, 6.45) is 0.875. The Morgan fingerprint density at radius 1 is 1.28 bits per heavy atom. The Bertz CT molecular complexity index is 403. The Morgan fingerprint density at radius 2 is 1.94 bits per heavy atom. The predicted molar refractivity (Wildman–Crippen MR) is 69.6 cm³/mol. The van der Waals surface area contributed by atoms with Gasteiger partial charge in [0.25, 0.3) is 5.91 Å². The third kappa shape index (κ3) is 4.75. The third-order valence-corrected chi connectivity index (χ3v) is 2.75. The third-order valence-electron chi connectivity index (χ3n) is 2.44. The number of carbonyl (C=O) groups excluding carboxylic acids is 2. The van der Waals surface area contributed by atoms with Crippen LogP contribution in [0.25, 0.3) is 0 Å². The monoisotopic (exact) mass is 269 g/mol. The molecule has 0 aliphatic carbocycles. The predicted octanol–water partition coefficient (Wildman–Crippen LogP) is 2.11. The van der Waals surface area contributed by atoms with Crippen molar-refractivity contribution in [1.29, 1.82) is 0 Å². The largest absolute Gasteiger partial charge is 0.469 e. The summed E-state index contributed by atoms with van der Waals surface area (Å²) < 4.78 is 4.50. The van der Waals surface area contributed by atoms with Crippen molar-refractivity contribution in [2.75, 3.05) is 13.7 Å². The molecule has 0 heterocycles. The number of rotatable bonds is 6. The van der Waals surface area contributed by atoms with E-state index in [1.54, 1.807) is 12.1 Å². The SMILES string of the molecule is COC(=O)CCCNC(=O)c1ccc(CCl)cc1. The van der Waals surface area contributed by atoms with Crippen LogP contribution in [0, 0.1) is 0 Å². The number of hydrogen-bond donors (Lipinski definition) is 1. The number of ether oxygens (including phenoxy) is 1. The second-order valence-electron chi connectivity index (χ2n) is 3.77. The van der Waals surface area contributed by atoms with Gasteiger partial charge in [-0.05, 0) is 24.1 Å². The number of alkyl halides is 1. The highest BCUT2D eigenvalue weighted by Crippen LogP contribution is 2.06. The molecule has 0 saturated heterocycles. The highest BCUT2D eigenvalue weighted by Gasteiger charge is 2.05. The summed E-state index contributed by atoms with van der Waals surface area (Å²) in [4.78, 5) is 22.5. The maximum absolute atomic E-state index is 11.7. The fourth-order valence-corrected chi connectivity index (χ4v) is 1.56. The molecule has 1 N–H and O–H groups in total. The van der Waals surface area contributed by atoms with Crippen molar-refractivity contribution in [3.05, 3.63) is 35.4 Å². The van der Waals surface area contributed by atoms with E-state index in [4.69, 9.17) is 11.6 Å². The maximum atomic E-state index is 11.7. The molecule has 1 aromatic rings. The molecule has 0 unspecified atom stereocenters. The molecule has 0 spiro atoms. The molecule has 0 aliphatic rings. The lowest BCUT2D eigenvalue weighted by atomic mass is 10.1. The van der Waals surface area contributed by atoms with Gasteiger partial charge in [-0.1, -0.05) is 12.1 Å². The quantitative estimate of drug-likeness (QED) is 0.489. The summed E-state index contributed by atoms with van der Waals surface area (Å²) in [7, 11) is 1.35. The van der Waals surface area contributed by atoms with Gasteiger partial charge in [0.2, 0.25) is 0 Å². The van der Waals surface area contributed by atoms with Crippen molar-refractivity contribution in [3.8, 4) is 0 Å². The Kier molecular flexibility index (Phi) is 6.22. The number of hydrogen-bond acceptors (Lipinski definition) is 3. The van der Waals surface area contributed by atoms with Crippen molar-refractivity contribution in [1.82, 2.24) is 5.32 Å². The summed E-state index contributed by atoms with van der Waals surface area (Å²) >= 11 is 5.66. The number of benzene rings is 1. The van der Waals surface area contributed by atoms with E-state index in [0.717, 1.165) is 5.56 Å². The van der Waals surface area contributed by atoms with E-state index in [0.29, 0.717) is 30.8 Å². The van der Waals surface area contributed by atoms with E-state index in [1.165, 1.54) is 7.11 Å². The molecule has 0 atom stereocenters. The van der Waals surface area contributed by atoms with Crippen molar-refractivity contribution >= 4 is 23.5 Å². The minimum atomic E-state index is -0.268. The lowest BCUT2D eigenvalue weighted by Crippen LogP contribution is -2.24. The van der Waals surface area contributed by atoms with Crippen LogP contribution in [0.3, 0.4) is 0 Å². The molecule has 0 aromatic heterocycles. The molecule has 4 nitrogen and oxygen atoms in total. The summed E-state index contributed by atoms with van der Waals surface area (Å²) in [5.74, 6) is 0.0119. The molecule has 98 valence electrons. The average Bonchev–Trinajstić information content (AvgIpc) is 2.43. The van der Waals surface area contributed by atoms with Crippen LogP contribution in [-0.4, -0.2) is 25.5 Å². The van der Waals surface area contributed by atoms with Gasteiger partial charge in [-0.3, -0.25) is 9.59 Å². The Balaban J connectivity index is 2.33. The molecule has 1 aromatic carbocycles. The van der Waals surface area contributed by atoms with Crippen molar-refractivity contribution in [2.24, 2.45) is 0 Å². The van der Waals surface area contributed by atoms with E-state index < -0.39 is 0 Å². The van der Waals surface area contributed by atoms with Crippen LogP contribution in [0.5, 0.6) is 0 Å². The molecule has 1 rings (SSSR count). The minimum absolute atomic E-state index is 0.152. The number of halogens is 1. The second kappa shape index (κ2) is 7.71. The molecule has 5 heteroatoms. The highest BCUT2D eigenvalue weighted by atomic mass is 35.5. The zero-order valence-corrected chi connectivity index (χ0v) is 11.0. The Labute approximate surface area is 111 Å². The number of esters is 1. The zero-order valence-electron chi connectivity index (χ0n) is 10.2. The van der Waals surface area contributed by atoms with Gasteiger partial charge in [0.05, 0.1) is 7.11 Å². The first-order valence-electron chi connectivity index (χ1n) is 5.67. The van der Waals surface area contributed by atoms with Crippen LogP contribution in [0.4, 0.5) is 0 Å². The van der Waals surface area contributed by atoms with Gasteiger partial charge in [0.1, 0.15) is 0 Å². The van der Waals surface area contributed by atoms with Gasteiger partial charge >= 0.3 is 5.97 Å². The minimum Gasteiger partial charge on any atom is -0.469 e. The number of nitrogens with one attached hydrogen (secondary N) is 1. The highest BCUT2D eigenvalue weighted by molar-refractivity contribution is 6.17. The molecule has 0 saturated carbocycles. The maximum Gasteiger partial charge on any atom is 0.305 e. The van der Waals surface area contributed by atoms with E-state index in [-0.39, 0.29) is 11.9 Å². The first-order chi connectivity index (χ1) is 8.67. The number of methoxy groups -OCH3 is 1. The standard InChI is InChI=1S/C13H16ClNO3/c1-18-12(16)3-2-8-15-13(17)11-6-4-10(9-14)5-7-11/h4-7H,2-3,8-9H2,1H3,(H,15,17). The molecule has 1 amide bonds. The van der Waals surface area contributed by atoms with Gasteiger partial charge in [0.15, 0.2) is 0 Å². The molecule has 0 radical (unpaired) electrons. The average molecular weight is 270 g/mol. The normalized spacial score (nSPS) is 9.89. The van der Waals surface area contributed by atoms with Crippen LogP contribution < -0.4 is 5.32 Å². The van der Waals surface area contributed by atoms with E-state index in [2.05, 4.69) is 10.1 Å². The molecule has 0 fully saturated rings. The van der Waals surface area contributed by atoms with Crippen LogP contribution in [0.2, 0.25) is 0 Å². The molecule has 18 heavy (non-hydrogen) atoms. The molecular weight excluding hydrogens is 254 g/mol. The van der Waals surface area contributed by atoms with Crippen LogP contribution >= 0.6 is 11.6 Å². The fourth-order valence-electron chi connectivity index (χ4n) is 1.38. The lowest BCUT2D eigenvalue weighted by molar-refractivity contribution is -0.140. The van der Waals surface area contributed by atoms with Gasteiger partial charge < -0.3 is 10.1 Å². The van der Waals surface area contributed by atoms with Crippen molar-refractivity contribution in [3.63, 3.8) is 0 Å². The molecule has 0 bridgehead atoms. The Hall–Kier alpha value is -1.55. The lowest BCUT2D eigenvalue weighted by Gasteiger charge is -2.05. The number of amides is 1. The van der Waals surface area contributed by atoms with E-state index in [1.807, 2.05) is 12.1 Å². The van der Waals surface area contributed by atoms with E-state index in [9.17, 15) is 9.59 Å². The fraction of sp³-hybridized carbons (Fsp3) is 0.385. The van der Waals surface area contributed by atoms with Crippen molar-refractivity contribution < 1.29 is 14.3 Å². The summed E-state index contributed by atoms with van der Waals surface area (Å²) in [5.41, 5.74) is 1.56. The first-order valence-corrected chi connectivity index (χ1v) is 6.20. The van der Waals surface area contributed by atoms with Gasteiger partial charge in [-0.2, -0.15) is 0 Å². The smallest absolute Gasteiger partial charge is 0.305 e. The number of carbonyl (C=O) groups is 2. The Morgan fingerprint density at radius 3 is 2.50 bits per heavy atom. The summed E-state index contributed by atoms with van der Waals surface area (Å²) in [6, 6.07) is 7.09. The topological polar surface area (TPSA) is 55.4 Å². The van der Waals surface area contributed by atoms with Crippen molar-refractivity contribution in [2.45, 2.75) is 18.7 Å². The summed E-state index contributed by atoms with van der Waals surface area (Å²) in [6.45, 7) is 0.450. The van der Waals surface area contributed by atoms with Crippen LogP contribution in [0.1, 0.15) is 28.8 Å². The van der Waals surface area contributed by atoms with Gasteiger partial charge in [-0.25, -0.2) is 0 Å². The van der Waals surface area contributed by atoms with Crippen LogP contribution in [-0.2, 0) is 15.4 Å². The van der Waals surface area contributed by atoms with E-state index >= 15 is 0 Å².